The summed E-state index contributed by atoms with van der Waals surface area (Å²) in [6.07, 6.45) is 1.08. The Labute approximate surface area is 132 Å². The summed E-state index contributed by atoms with van der Waals surface area (Å²) in [6.45, 7) is 1.68. The highest BCUT2D eigenvalue weighted by molar-refractivity contribution is 5.75. The second kappa shape index (κ2) is 7.50. The van der Waals surface area contributed by atoms with E-state index in [-0.39, 0.29) is 24.3 Å². The molecule has 2 N–H and O–H groups in total. The Hall–Kier alpha value is -2.74. The van der Waals surface area contributed by atoms with Crippen LogP contribution in [0.3, 0.4) is 0 Å². The molecule has 0 saturated carbocycles. The average Bonchev–Trinajstić information content (AvgIpc) is 2.96. The van der Waals surface area contributed by atoms with E-state index in [2.05, 4.69) is 10.4 Å². The van der Waals surface area contributed by atoms with Crippen LogP contribution in [0.5, 0.6) is 0 Å². The van der Waals surface area contributed by atoms with Crippen molar-refractivity contribution in [2.24, 2.45) is 0 Å². The van der Waals surface area contributed by atoms with E-state index in [1.54, 1.807) is 6.92 Å². The number of aliphatic hydroxyl groups excluding tert-OH is 1. The van der Waals surface area contributed by atoms with Crippen LogP contribution in [0.1, 0.15) is 25.0 Å². The summed E-state index contributed by atoms with van der Waals surface area (Å²) in [5.41, 5.74) is 0.788. The van der Waals surface area contributed by atoms with E-state index in [1.807, 2.05) is 30.3 Å². The monoisotopic (exact) mass is 318 g/mol. The molecule has 0 radical (unpaired) electrons. The normalized spacial score (nSPS) is 13.3. The highest BCUT2D eigenvalue weighted by atomic mass is 16.6. The molecule has 2 atom stereocenters. The molecule has 1 amide bonds. The molecule has 1 aromatic carbocycles. The van der Waals surface area contributed by atoms with Crippen molar-refractivity contribution < 1.29 is 14.8 Å². The third-order valence-corrected chi connectivity index (χ3v) is 3.29. The fraction of sp³-hybridized carbons (Fsp3) is 0.333. The smallest absolute Gasteiger partial charge is 0.388 e. The van der Waals surface area contributed by atoms with Crippen LogP contribution in [0.15, 0.2) is 42.6 Å². The molecule has 0 fully saturated rings. The first-order valence-electron chi connectivity index (χ1n) is 7.16. The van der Waals surface area contributed by atoms with E-state index in [1.165, 1.54) is 16.9 Å². The number of nitrogens with one attached hydrogen (secondary N) is 1. The Morgan fingerprint density at radius 3 is 2.70 bits per heavy atom. The fourth-order valence-electron chi connectivity index (χ4n) is 2.21. The van der Waals surface area contributed by atoms with E-state index in [0.29, 0.717) is 6.42 Å². The molecule has 0 bridgehead atoms. The molecule has 0 spiro atoms. The van der Waals surface area contributed by atoms with Gasteiger partial charge in [0.25, 0.3) is 0 Å². The second-order valence-corrected chi connectivity index (χ2v) is 5.26. The van der Waals surface area contributed by atoms with Gasteiger partial charge in [-0.15, -0.1) is 0 Å². The molecule has 0 aliphatic carbocycles. The molecular formula is C15H18N4O4. The van der Waals surface area contributed by atoms with Crippen LogP contribution in [0, 0.1) is 10.1 Å². The number of carbonyl (C=O) groups excluding carboxylic acids is 1. The first-order chi connectivity index (χ1) is 11.0. The lowest BCUT2D eigenvalue weighted by atomic mass is 10.0. The van der Waals surface area contributed by atoms with Crippen molar-refractivity contribution in [1.29, 1.82) is 0 Å². The topological polar surface area (TPSA) is 110 Å². The number of nitro groups is 1. The van der Waals surface area contributed by atoms with Crippen molar-refractivity contribution >= 4 is 11.7 Å². The minimum atomic E-state index is -0.669. The van der Waals surface area contributed by atoms with Crippen LogP contribution < -0.4 is 5.32 Å². The maximum Gasteiger partial charge on any atom is 0.389 e. The molecule has 8 nitrogen and oxygen atoms in total. The Morgan fingerprint density at radius 2 is 2.09 bits per heavy atom. The number of benzene rings is 1. The molecule has 23 heavy (non-hydrogen) atoms. The Bertz CT molecular complexity index is 671. The number of aliphatic hydroxyl groups is 1. The molecule has 0 saturated heterocycles. The Balaban J connectivity index is 1.83. The number of nitrogens with zero attached hydrogens (tertiary/aromatic N) is 3. The van der Waals surface area contributed by atoms with Gasteiger partial charge in [-0.05, 0) is 23.8 Å². The van der Waals surface area contributed by atoms with Crippen molar-refractivity contribution in [2.75, 3.05) is 0 Å². The zero-order valence-electron chi connectivity index (χ0n) is 12.6. The van der Waals surface area contributed by atoms with Crippen LogP contribution in [0.4, 0.5) is 5.82 Å². The molecule has 2 rings (SSSR count). The largest absolute Gasteiger partial charge is 0.389 e. The first-order valence-corrected chi connectivity index (χ1v) is 7.16. The van der Waals surface area contributed by atoms with Gasteiger partial charge in [0.2, 0.25) is 5.91 Å². The number of aromatic nitrogens is 2. The number of hydrogen-bond acceptors (Lipinski definition) is 5. The van der Waals surface area contributed by atoms with E-state index >= 15 is 0 Å². The van der Waals surface area contributed by atoms with E-state index in [0.717, 1.165) is 5.56 Å². The van der Waals surface area contributed by atoms with Crippen molar-refractivity contribution in [3.05, 3.63) is 58.3 Å². The predicted octanol–water partition coefficient (Wildman–Crippen LogP) is 1.42. The highest BCUT2D eigenvalue weighted by Crippen LogP contribution is 2.17. The third-order valence-electron chi connectivity index (χ3n) is 3.29. The average molecular weight is 318 g/mol. The minimum absolute atomic E-state index is 0.111. The zero-order chi connectivity index (χ0) is 16.8. The van der Waals surface area contributed by atoms with Gasteiger partial charge >= 0.3 is 5.82 Å². The van der Waals surface area contributed by atoms with Crippen molar-refractivity contribution in [1.82, 2.24) is 15.1 Å². The van der Waals surface area contributed by atoms with Gasteiger partial charge in [0.05, 0.1) is 23.5 Å². The van der Waals surface area contributed by atoms with Gasteiger partial charge < -0.3 is 20.5 Å². The van der Waals surface area contributed by atoms with Gasteiger partial charge in [-0.2, -0.15) is 4.68 Å². The van der Waals surface area contributed by atoms with Crippen molar-refractivity contribution in [2.45, 2.75) is 32.0 Å². The maximum absolute atomic E-state index is 11.9. The summed E-state index contributed by atoms with van der Waals surface area (Å²) >= 11 is 0. The van der Waals surface area contributed by atoms with Crippen LogP contribution >= 0.6 is 0 Å². The summed E-state index contributed by atoms with van der Waals surface area (Å²) in [7, 11) is 0. The molecule has 8 heteroatoms. The van der Waals surface area contributed by atoms with Crippen LogP contribution in [-0.2, 0) is 11.3 Å². The van der Waals surface area contributed by atoms with Gasteiger partial charge in [0.15, 0.2) is 0 Å². The predicted molar refractivity (Wildman–Crippen MR) is 82.5 cm³/mol. The van der Waals surface area contributed by atoms with Crippen molar-refractivity contribution in [3.8, 4) is 0 Å². The SMILES string of the molecule is CC(CC(O)c1ccccc1)NC(=O)Cn1ccc([N+](=O)[O-])n1. The van der Waals surface area contributed by atoms with Crippen LogP contribution in [0.2, 0.25) is 0 Å². The standard InChI is InChI=1S/C15H18N4O4/c1-11(9-13(20)12-5-3-2-4-6-12)16-15(21)10-18-8-7-14(17-18)19(22)23/h2-8,11,13,20H,9-10H2,1H3,(H,16,21). The molecule has 2 unspecified atom stereocenters. The van der Waals surface area contributed by atoms with Gasteiger partial charge in [-0.25, -0.2) is 0 Å². The Morgan fingerprint density at radius 1 is 1.39 bits per heavy atom. The maximum atomic E-state index is 11.9. The van der Waals surface area contributed by atoms with Gasteiger partial charge in [0.1, 0.15) is 6.54 Å². The van der Waals surface area contributed by atoms with Gasteiger partial charge in [-0.1, -0.05) is 30.3 Å². The summed E-state index contributed by atoms with van der Waals surface area (Å²) in [4.78, 5) is 21.8. The molecule has 0 aliphatic rings. The van der Waals surface area contributed by atoms with Crippen LogP contribution in [0.25, 0.3) is 0 Å². The molecule has 122 valence electrons. The number of hydrogen-bond donors (Lipinski definition) is 2. The first kappa shape index (κ1) is 16.6. The van der Waals surface area contributed by atoms with Crippen LogP contribution in [-0.4, -0.2) is 31.8 Å². The Kier molecular flexibility index (Phi) is 5.42. The minimum Gasteiger partial charge on any atom is -0.388 e. The lowest BCUT2D eigenvalue weighted by molar-refractivity contribution is -0.389. The fourth-order valence-corrected chi connectivity index (χ4v) is 2.21. The summed E-state index contributed by atoms with van der Waals surface area (Å²) in [6, 6.07) is 10.2. The summed E-state index contributed by atoms with van der Waals surface area (Å²) in [5, 5.41) is 27.1. The third kappa shape index (κ3) is 4.89. The van der Waals surface area contributed by atoms with Gasteiger partial charge in [-0.3, -0.25) is 4.79 Å². The molecule has 1 heterocycles. The molecule has 1 aromatic heterocycles. The quantitative estimate of drug-likeness (QED) is 0.592. The summed E-state index contributed by atoms with van der Waals surface area (Å²) in [5.74, 6) is -0.624. The number of rotatable bonds is 7. The lowest BCUT2D eigenvalue weighted by Crippen LogP contribution is -2.36. The highest BCUT2D eigenvalue weighted by Gasteiger charge is 2.17. The van der Waals surface area contributed by atoms with E-state index < -0.39 is 11.0 Å². The molecule has 2 aromatic rings. The van der Waals surface area contributed by atoms with E-state index in [4.69, 9.17) is 0 Å². The second-order valence-electron chi connectivity index (χ2n) is 5.26. The number of carbonyl (C=O) groups is 1. The lowest BCUT2D eigenvalue weighted by Gasteiger charge is -2.18. The van der Waals surface area contributed by atoms with Gasteiger partial charge in [0, 0.05) is 6.04 Å². The van der Waals surface area contributed by atoms with E-state index in [9.17, 15) is 20.0 Å². The molecular weight excluding hydrogens is 300 g/mol. The number of amides is 1. The zero-order valence-corrected chi connectivity index (χ0v) is 12.6. The van der Waals surface area contributed by atoms with Crippen molar-refractivity contribution in [3.63, 3.8) is 0 Å². The molecule has 0 aliphatic heterocycles. The summed E-state index contributed by atoms with van der Waals surface area (Å²) < 4.78 is 1.20.